The summed E-state index contributed by atoms with van der Waals surface area (Å²) in [4.78, 5) is 0. The molecule has 1 unspecified atom stereocenters. The van der Waals surface area contributed by atoms with Crippen molar-refractivity contribution >= 4 is 50.1 Å². The molecule has 1 atom stereocenters. The summed E-state index contributed by atoms with van der Waals surface area (Å²) in [6.07, 6.45) is -0.0253. The Kier molecular flexibility index (Phi) is 5.06. The molecule has 0 fully saturated rings. The second kappa shape index (κ2) is 6.37. The van der Waals surface area contributed by atoms with Crippen molar-refractivity contribution in [3.8, 4) is 0 Å². The van der Waals surface area contributed by atoms with Crippen LogP contribution in [0.3, 0.4) is 0 Å². The van der Waals surface area contributed by atoms with Gasteiger partial charge in [0.1, 0.15) is 0 Å². The Labute approximate surface area is 133 Å². The van der Waals surface area contributed by atoms with E-state index in [-0.39, 0.29) is 0 Å². The van der Waals surface area contributed by atoms with Gasteiger partial charge >= 0.3 is 0 Å². The fraction of sp³-hybridized carbons (Fsp3) is 0.143. The molecule has 2 rings (SSSR count). The van der Waals surface area contributed by atoms with Gasteiger partial charge in [0, 0.05) is 20.0 Å². The van der Waals surface area contributed by atoms with Crippen LogP contribution >= 0.6 is 50.1 Å². The van der Waals surface area contributed by atoms with Crippen molar-refractivity contribution in [1.82, 2.24) is 0 Å². The second-order valence-electron chi connectivity index (χ2n) is 3.99. The topological polar surface area (TPSA) is 20.2 Å². The van der Waals surface area contributed by atoms with E-state index < -0.39 is 6.10 Å². The number of hydrogen-bond acceptors (Lipinski definition) is 1. The summed E-state index contributed by atoms with van der Waals surface area (Å²) >= 11 is 11.8. The standard InChI is InChI=1S/C14H11BrClIO/c15-12-3-1-2-11(14(12)16)13(18)8-9-4-6-10(17)7-5-9/h1-7,13,18H,8H2. The minimum Gasteiger partial charge on any atom is -0.388 e. The first-order valence-electron chi connectivity index (χ1n) is 5.44. The van der Waals surface area contributed by atoms with Crippen LogP contribution in [-0.4, -0.2) is 5.11 Å². The lowest BCUT2D eigenvalue weighted by Crippen LogP contribution is -2.02. The second-order valence-corrected chi connectivity index (χ2v) is 6.47. The number of hydrogen-bond donors (Lipinski definition) is 1. The molecule has 1 nitrogen and oxygen atoms in total. The molecule has 0 saturated heterocycles. The van der Waals surface area contributed by atoms with Crippen LogP contribution in [0.5, 0.6) is 0 Å². The predicted octanol–water partition coefficient (Wildman–Crippen LogP) is 4.98. The highest BCUT2D eigenvalue weighted by Crippen LogP contribution is 2.31. The number of halogens is 3. The summed E-state index contributed by atoms with van der Waals surface area (Å²) < 4.78 is 2.00. The number of aliphatic hydroxyl groups excluding tert-OH is 1. The van der Waals surface area contributed by atoms with Gasteiger partial charge in [0.05, 0.1) is 11.1 Å². The SMILES string of the molecule is OC(Cc1ccc(I)cc1)c1cccc(Br)c1Cl. The summed E-state index contributed by atoms with van der Waals surface area (Å²) in [7, 11) is 0. The molecule has 0 heterocycles. The molecule has 2 aromatic rings. The van der Waals surface area contributed by atoms with E-state index in [9.17, 15) is 5.11 Å². The number of aliphatic hydroxyl groups is 1. The lowest BCUT2D eigenvalue weighted by atomic mass is 10.0. The Bertz CT molecular complexity index is 542. The van der Waals surface area contributed by atoms with Crippen LogP contribution in [-0.2, 0) is 6.42 Å². The molecule has 0 aromatic heterocycles. The van der Waals surface area contributed by atoms with E-state index >= 15 is 0 Å². The first kappa shape index (κ1) is 14.3. The zero-order chi connectivity index (χ0) is 13.1. The third-order valence-electron chi connectivity index (χ3n) is 2.68. The summed E-state index contributed by atoms with van der Waals surface area (Å²) in [5.41, 5.74) is 1.85. The maximum Gasteiger partial charge on any atom is 0.0845 e. The smallest absolute Gasteiger partial charge is 0.0845 e. The molecule has 0 spiro atoms. The molecule has 0 saturated carbocycles. The molecule has 0 radical (unpaired) electrons. The van der Waals surface area contributed by atoms with Gasteiger partial charge in [-0.05, 0) is 62.3 Å². The average Bonchev–Trinajstić information content (AvgIpc) is 2.35. The number of benzene rings is 2. The summed E-state index contributed by atoms with van der Waals surface area (Å²) in [6, 6.07) is 13.7. The summed E-state index contributed by atoms with van der Waals surface area (Å²) in [5.74, 6) is 0. The molecule has 0 amide bonds. The Morgan fingerprint density at radius 2 is 1.83 bits per heavy atom. The maximum atomic E-state index is 10.2. The van der Waals surface area contributed by atoms with E-state index in [1.807, 2.05) is 42.5 Å². The molecule has 0 aliphatic heterocycles. The van der Waals surface area contributed by atoms with Crippen LogP contribution in [0.2, 0.25) is 5.02 Å². The van der Waals surface area contributed by atoms with Crippen molar-refractivity contribution < 1.29 is 5.11 Å². The zero-order valence-corrected chi connectivity index (χ0v) is 13.9. The molecule has 18 heavy (non-hydrogen) atoms. The van der Waals surface area contributed by atoms with Crippen LogP contribution in [0.1, 0.15) is 17.2 Å². The van der Waals surface area contributed by atoms with Gasteiger partial charge in [-0.15, -0.1) is 0 Å². The van der Waals surface area contributed by atoms with Crippen LogP contribution < -0.4 is 0 Å². The Hall–Kier alpha value is -0.100. The van der Waals surface area contributed by atoms with Gasteiger partial charge in [-0.25, -0.2) is 0 Å². The van der Waals surface area contributed by atoms with E-state index in [1.165, 1.54) is 3.57 Å². The van der Waals surface area contributed by atoms with Gasteiger partial charge in [-0.2, -0.15) is 0 Å². The zero-order valence-electron chi connectivity index (χ0n) is 9.41. The van der Waals surface area contributed by atoms with Crippen LogP contribution in [0, 0.1) is 3.57 Å². The van der Waals surface area contributed by atoms with E-state index in [0.717, 1.165) is 15.6 Å². The normalized spacial score (nSPS) is 12.4. The lowest BCUT2D eigenvalue weighted by molar-refractivity contribution is 0.178. The van der Waals surface area contributed by atoms with Crippen LogP contribution in [0.4, 0.5) is 0 Å². The fourth-order valence-electron chi connectivity index (χ4n) is 1.73. The van der Waals surface area contributed by atoms with Crippen molar-refractivity contribution in [2.45, 2.75) is 12.5 Å². The highest BCUT2D eigenvalue weighted by molar-refractivity contribution is 14.1. The van der Waals surface area contributed by atoms with Gasteiger partial charge in [-0.3, -0.25) is 0 Å². The molecular weight excluding hydrogens is 426 g/mol. The molecule has 0 bridgehead atoms. The molecule has 4 heteroatoms. The summed E-state index contributed by atoms with van der Waals surface area (Å²) in [6.45, 7) is 0. The Balaban J connectivity index is 2.19. The molecular formula is C14H11BrClIO. The van der Waals surface area contributed by atoms with E-state index in [0.29, 0.717) is 11.4 Å². The molecule has 0 aliphatic carbocycles. The van der Waals surface area contributed by atoms with Gasteiger partial charge in [0.15, 0.2) is 0 Å². The van der Waals surface area contributed by atoms with Gasteiger partial charge in [0.2, 0.25) is 0 Å². The predicted molar refractivity (Wildman–Crippen MR) is 87.0 cm³/mol. The molecule has 2 aromatic carbocycles. The highest BCUT2D eigenvalue weighted by Gasteiger charge is 2.13. The van der Waals surface area contributed by atoms with Crippen LogP contribution in [0.15, 0.2) is 46.9 Å². The first-order chi connectivity index (χ1) is 8.58. The van der Waals surface area contributed by atoms with Crippen molar-refractivity contribution in [3.63, 3.8) is 0 Å². The Morgan fingerprint density at radius 1 is 1.17 bits per heavy atom. The van der Waals surface area contributed by atoms with E-state index in [4.69, 9.17) is 11.6 Å². The van der Waals surface area contributed by atoms with Crippen molar-refractivity contribution in [2.75, 3.05) is 0 Å². The number of rotatable bonds is 3. The van der Waals surface area contributed by atoms with E-state index in [1.54, 1.807) is 0 Å². The third kappa shape index (κ3) is 3.47. The maximum absolute atomic E-state index is 10.2. The lowest BCUT2D eigenvalue weighted by Gasteiger charge is -2.13. The van der Waals surface area contributed by atoms with Crippen molar-refractivity contribution in [3.05, 3.63) is 66.7 Å². The fourth-order valence-corrected chi connectivity index (χ4v) is 2.72. The van der Waals surface area contributed by atoms with Gasteiger partial charge in [0.25, 0.3) is 0 Å². The average molecular weight is 438 g/mol. The van der Waals surface area contributed by atoms with Crippen molar-refractivity contribution in [1.29, 1.82) is 0 Å². The highest BCUT2D eigenvalue weighted by atomic mass is 127. The van der Waals surface area contributed by atoms with Gasteiger partial charge < -0.3 is 5.11 Å². The summed E-state index contributed by atoms with van der Waals surface area (Å²) in [5, 5.41) is 10.8. The van der Waals surface area contributed by atoms with Gasteiger partial charge in [-0.1, -0.05) is 35.9 Å². The largest absolute Gasteiger partial charge is 0.388 e. The molecule has 0 aliphatic rings. The van der Waals surface area contributed by atoms with E-state index in [2.05, 4.69) is 38.5 Å². The molecule has 94 valence electrons. The Morgan fingerprint density at radius 3 is 2.50 bits per heavy atom. The minimum atomic E-state index is -0.588. The third-order valence-corrected chi connectivity index (χ3v) is 4.71. The minimum absolute atomic E-state index is 0.563. The quantitative estimate of drug-likeness (QED) is 0.672. The monoisotopic (exact) mass is 436 g/mol. The molecule has 1 N–H and O–H groups in total. The first-order valence-corrected chi connectivity index (χ1v) is 7.69. The van der Waals surface area contributed by atoms with Crippen LogP contribution in [0.25, 0.3) is 0 Å². The van der Waals surface area contributed by atoms with Crippen molar-refractivity contribution in [2.24, 2.45) is 0 Å².